The molecule has 0 aliphatic rings. The molecule has 1 atom stereocenters. The van der Waals surface area contributed by atoms with Gasteiger partial charge in [-0.25, -0.2) is 9.59 Å². The number of hydrogen-bond acceptors (Lipinski definition) is 5. The lowest BCUT2D eigenvalue weighted by atomic mass is 10.2. The van der Waals surface area contributed by atoms with Gasteiger partial charge in [0.05, 0.1) is 12.0 Å². The highest BCUT2D eigenvalue weighted by Crippen LogP contribution is 1.89. The van der Waals surface area contributed by atoms with Crippen molar-refractivity contribution >= 4 is 27.2 Å². The molecule has 0 radical (unpaired) electrons. The number of nitrogens with one attached hydrogen (secondary N) is 1. The van der Waals surface area contributed by atoms with E-state index in [0.717, 1.165) is 14.0 Å². The van der Waals surface area contributed by atoms with Gasteiger partial charge in [0.2, 0.25) is 10.3 Å². The number of aliphatic carboxylic acids is 1. The van der Waals surface area contributed by atoms with E-state index in [2.05, 4.69) is 4.74 Å². The van der Waals surface area contributed by atoms with Crippen LogP contribution in [0.5, 0.6) is 0 Å². The van der Waals surface area contributed by atoms with Crippen molar-refractivity contribution in [1.82, 2.24) is 5.32 Å². The standard InChI is InChI=1S/C6H9NO6S/c1-3(14(11)12)4(5(8)9)7-6(10)13-2/h4H,1-2H3,(H,7,10)(H,8,9). The Kier molecular flexibility index (Phi) is 4.64. The lowest BCUT2D eigenvalue weighted by Crippen LogP contribution is -2.45. The molecule has 0 aliphatic carbocycles. The molecule has 0 aromatic rings. The first-order valence-corrected chi connectivity index (χ1v) is 4.47. The smallest absolute Gasteiger partial charge is 0.407 e. The zero-order chi connectivity index (χ0) is 11.3. The summed E-state index contributed by atoms with van der Waals surface area (Å²) in [6.45, 7) is 1.08. The summed E-state index contributed by atoms with van der Waals surface area (Å²) >= 11 is 0. The lowest BCUT2D eigenvalue weighted by Gasteiger charge is -2.10. The van der Waals surface area contributed by atoms with Crippen LogP contribution in [0.15, 0.2) is 0 Å². The van der Waals surface area contributed by atoms with Crippen molar-refractivity contribution in [3.05, 3.63) is 0 Å². The SMILES string of the molecule is COC(=O)NC(C(=O)O)C(C)=S(=O)=O. The van der Waals surface area contributed by atoms with E-state index in [1.165, 1.54) is 0 Å². The van der Waals surface area contributed by atoms with E-state index in [9.17, 15) is 18.0 Å². The molecule has 80 valence electrons. The molecule has 0 bridgehead atoms. The van der Waals surface area contributed by atoms with E-state index in [1.54, 1.807) is 0 Å². The minimum Gasteiger partial charge on any atom is -0.479 e. The van der Waals surface area contributed by atoms with Crippen LogP contribution < -0.4 is 5.32 Å². The van der Waals surface area contributed by atoms with E-state index < -0.39 is 33.3 Å². The molecule has 0 aliphatic heterocycles. The number of carbonyl (C=O) groups excluding carboxylic acids is 1. The predicted octanol–water partition coefficient (Wildman–Crippen LogP) is -1.13. The summed E-state index contributed by atoms with van der Waals surface area (Å²) in [6, 6.07) is -1.60. The molecule has 0 fully saturated rings. The molecule has 0 rings (SSSR count). The van der Waals surface area contributed by atoms with Gasteiger partial charge in [0, 0.05) is 0 Å². The summed E-state index contributed by atoms with van der Waals surface area (Å²) in [5.74, 6) is -1.47. The molecule has 0 saturated heterocycles. The van der Waals surface area contributed by atoms with Gasteiger partial charge in [0.15, 0.2) is 6.04 Å². The van der Waals surface area contributed by atoms with Crippen molar-refractivity contribution in [2.75, 3.05) is 7.11 Å². The van der Waals surface area contributed by atoms with Crippen molar-refractivity contribution in [2.45, 2.75) is 13.0 Å². The highest BCUT2D eigenvalue weighted by Gasteiger charge is 2.24. The molecule has 0 heterocycles. The summed E-state index contributed by atoms with van der Waals surface area (Å²) in [4.78, 5) is 20.8. The zero-order valence-electron chi connectivity index (χ0n) is 7.47. The molecule has 0 saturated carbocycles. The number of ether oxygens (including phenoxy) is 1. The monoisotopic (exact) mass is 223 g/mol. The molecule has 1 unspecified atom stereocenters. The minimum atomic E-state index is -2.66. The average Bonchev–Trinajstić information content (AvgIpc) is 2.11. The molecule has 0 spiro atoms. The van der Waals surface area contributed by atoms with Gasteiger partial charge in [-0.05, 0) is 6.92 Å². The van der Waals surface area contributed by atoms with Gasteiger partial charge in [-0.2, -0.15) is 8.42 Å². The first-order valence-electron chi connectivity index (χ1n) is 3.40. The van der Waals surface area contributed by atoms with Crippen molar-refractivity contribution in [3.63, 3.8) is 0 Å². The Morgan fingerprint density at radius 1 is 1.43 bits per heavy atom. The second-order valence-electron chi connectivity index (χ2n) is 2.25. The second-order valence-corrected chi connectivity index (χ2v) is 3.37. The topological polar surface area (TPSA) is 110 Å². The van der Waals surface area contributed by atoms with E-state index >= 15 is 0 Å². The number of rotatable bonds is 3. The number of carboxylic acids is 1. The van der Waals surface area contributed by atoms with E-state index in [-0.39, 0.29) is 0 Å². The minimum absolute atomic E-state index is 0.400. The van der Waals surface area contributed by atoms with Gasteiger partial charge >= 0.3 is 12.1 Å². The third-order valence-electron chi connectivity index (χ3n) is 1.36. The molecule has 0 aromatic heterocycles. The number of alkyl carbamates (subject to hydrolysis) is 1. The third-order valence-corrected chi connectivity index (χ3v) is 2.13. The van der Waals surface area contributed by atoms with E-state index in [0.29, 0.717) is 0 Å². The van der Waals surface area contributed by atoms with E-state index in [4.69, 9.17) is 5.11 Å². The molecule has 2 N–H and O–H groups in total. The maximum Gasteiger partial charge on any atom is 0.407 e. The first-order chi connectivity index (χ1) is 6.40. The lowest BCUT2D eigenvalue weighted by molar-refractivity contribution is -0.137. The Morgan fingerprint density at radius 3 is 2.21 bits per heavy atom. The molecular weight excluding hydrogens is 214 g/mol. The van der Waals surface area contributed by atoms with Crippen LogP contribution in [0.4, 0.5) is 4.79 Å². The largest absolute Gasteiger partial charge is 0.479 e. The number of hydrogen-bond donors (Lipinski definition) is 2. The fourth-order valence-corrected chi connectivity index (χ4v) is 0.962. The Balaban J connectivity index is 4.90. The van der Waals surface area contributed by atoms with Crippen LogP contribution in [0.25, 0.3) is 0 Å². The molecule has 1 amide bonds. The van der Waals surface area contributed by atoms with Gasteiger partial charge in [-0.15, -0.1) is 0 Å². The molecule has 7 nitrogen and oxygen atoms in total. The Labute approximate surface area is 81.2 Å². The normalized spacial score (nSPS) is 11.3. The third kappa shape index (κ3) is 3.44. The quantitative estimate of drug-likeness (QED) is 0.585. The second kappa shape index (κ2) is 5.22. The van der Waals surface area contributed by atoms with Gasteiger partial charge in [-0.1, -0.05) is 0 Å². The highest BCUT2D eigenvalue weighted by molar-refractivity contribution is 7.73. The Morgan fingerprint density at radius 2 is 1.93 bits per heavy atom. The van der Waals surface area contributed by atoms with E-state index in [1.807, 2.05) is 5.32 Å². The maximum atomic E-state index is 10.6. The maximum absolute atomic E-state index is 10.6. The van der Waals surface area contributed by atoms with Crippen molar-refractivity contribution in [1.29, 1.82) is 0 Å². The predicted molar refractivity (Wildman–Crippen MR) is 46.6 cm³/mol. The van der Waals surface area contributed by atoms with Crippen LogP contribution in [0.1, 0.15) is 6.92 Å². The summed E-state index contributed by atoms with van der Waals surface area (Å²) < 4.78 is 25.0. The highest BCUT2D eigenvalue weighted by atomic mass is 32.2. The van der Waals surface area contributed by atoms with Crippen LogP contribution in [-0.2, 0) is 19.8 Å². The van der Waals surface area contributed by atoms with Crippen molar-refractivity contribution in [2.24, 2.45) is 0 Å². The zero-order valence-corrected chi connectivity index (χ0v) is 8.29. The fraction of sp³-hybridized carbons (Fsp3) is 0.500. The van der Waals surface area contributed by atoms with Gasteiger partial charge < -0.3 is 15.2 Å². The van der Waals surface area contributed by atoms with Crippen LogP contribution in [0, 0.1) is 0 Å². The Bertz CT molecular complexity index is 362. The summed E-state index contributed by atoms with van der Waals surface area (Å²) in [5.41, 5.74) is 0. The fourth-order valence-electron chi connectivity index (χ4n) is 0.610. The number of carbonyl (C=O) groups is 2. The molecule has 0 aromatic carbocycles. The van der Waals surface area contributed by atoms with Crippen LogP contribution in [0.2, 0.25) is 0 Å². The first kappa shape index (κ1) is 12.4. The number of carboxylic acid groups (broad SMARTS) is 1. The average molecular weight is 223 g/mol. The summed E-state index contributed by atoms with van der Waals surface area (Å²) in [6.07, 6.45) is -1.01. The summed E-state index contributed by atoms with van der Waals surface area (Å²) in [7, 11) is -1.62. The van der Waals surface area contributed by atoms with Crippen molar-refractivity contribution < 1.29 is 27.9 Å². The molecule has 14 heavy (non-hydrogen) atoms. The van der Waals surface area contributed by atoms with Gasteiger partial charge in [0.1, 0.15) is 0 Å². The van der Waals surface area contributed by atoms with Crippen LogP contribution >= 0.6 is 0 Å². The Hall–Kier alpha value is -1.57. The van der Waals surface area contributed by atoms with Crippen molar-refractivity contribution in [3.8, 4) is 0 Å². The molecular formula is C6H9NO6S. The summed E-state index contributed by atoms with van der Waals surface area (Å²) in [5, 5.41) is 10.4. The number of amides is 1. The molecule has 8 heteroatoms. The van der Waals surface area contributed by atoms with Crippen LogP contribution in [-0.4, -0.2) is 43.6 Å². The van der Waals surface area contributed by atoms with Gasteiger partial charge in [-0.3, -0.25) is 0 Å². The van der Waals surface area contributed by atoms with Gasteiger partial charge in [0.25, 0.3) is 0 Å². The number of methoxy groups -OCH3 is 1. The van der Waals surface area contributed by atoms with Crippen LogP contribution in [0.3, 0.4) is 0 Å².